The molecule has 7 nitrogen and oxygen atoms in total. The summed E-state index contributed by atoms with van der Waals surface area (Å²) in [5.74, 6) is -1.06. The molecule has 0 heterocycles. The molecule has 2 aromatic rings. The van der Waals surface area contributed by atoms with E-state index in [0.717, 1.165) is 5.69 Å². The van der Waals surface area contributed by atoms with Crippen LogP contribution in [0.15, 0.2) is 48.5 Å². The molecule has 2 amide bonds. The maximum absolute atomic E-state index is 12.3. The van der Waals surface area contributed by atoms with Crippen molar-refractivity contribution in [2.24, 2.45) is 0 Å². The average Bonchev–Trinajstić information content (AvgIpc) is 2.67. The third-order valence-corrected chi connectivity index (χ3v) is 3.96. The van der Waals surface area contributed by atoms with E-state index in [2.05, 4.69) is 15.4 Å². The molecule has 140 valence electrons. The molecule has 8 heteroatoms. The molecule has 0 aliphatic rings. The Morgan fingerprint density at radius 3 is 2.26 bits per heavy atom. The first kappa shape index (κ1) is 20.1. The Morgan fingerprint density at radius 1 is 1.04 bits per heavy atom. The van der Waals surface area contributed by atoms with E-state index in [0.29, 0.717) is 5.69 Å². The first-order valence-corrected chi connectivity index (χ1v) is 8.37. The zero-order valence-corrected chi connectivity index (χ0v) is 15.9. The van der Waals surface area contributed by atoms with Crippen LogP contribution >= 0.6 is 12.2 Å². The molecule has 0 aliphatic heterocycles. The molecule has 0 spiro atoms. The number of nitrogens with one attached hydrogen (secondary N) is 2. The zero-order chi connectivity index (χ0) is 20.0. The third kappa shape index (κ3) is 5.35. The quantitative estimate of drug-likeness (QED) is 0.621. The van der Waals surface area contributed by atoms with Crippen LogP contribution in [-0.2, 0) is 9.53 Å². The number of methoxy groups -OCH3 is 1. The number of benzene rings is 2. The molecular weight excluding hydrogens is 366 g/mol. The van der Waals surface area contributed by atoms with E-state index in [9.17, 15) is 14.4 Å². The van der Waals surface area contributed by atoms with Gasteiger partial charge in [-0.2, -0.15) is 0 Å². The van der Waals surface area contributed by atoms with Gasteiger partial charge in [0.25, 0.3) is 5.91 Å². The fourth-order valence-electron chi connectivity index (χ4n) is 2.19. The Morgan fingerprint density at radius 2 is 1.67 bits per heavy atom. The molecule has 0 atom stereocenters. The van der Waals surface area contributed by atoms with Crippen LogP contribution in [0.5, 0.6) is 0 Å². The van der Waals surface area contributed by atoms with Crippen LogP contribution in [-0.4, -0.2) is 37.1 Å². The normalized spacial score (nSPS) is 9.89. The molecule has 0 fully saturated rings. The SMILES string of the molecule is COC(=O)c1cccc(C(=O)NC(=S)Nc2ccc(N(C)C(C)=O)cc2)c1. The summed E-state index contributed by atoms with van der Waals surface area (Å²) >= 11 is 5.15. The van der Waals surface area contributed by atoms with E-state index in [1.54, 1.807) is 49.5 Å². The first-order valence-electron chi connectivity index (χ1n) is 7.97. The highest BCUT2D eigenvalue weighted by molar-refractivity contribution is 7.80. The first-order chi connectivity index (χ1) is 12.8. The number of nitrogens with zero attached hydrogens (tertiary/aromatic N) is 1. The summed E-state index contributed by atoms with van der Waals surface area (Å²) in [6, 6.07) is 13.1. The van der Waals surface area contributed by atoms with Gasteiger partial charge in [-0.15, -0.1) is 0 Å². The van der Waals surface area contributed by atoms with Crippen molar-refractivity contribution in [3.63, 3.8) is 0 Å². The Balaban J connectivity index is 2.00. The summed E-state index contributed by atoms with van der Waals surface area (Å²) in [4.78, 5) is 36.7. The van der Waals surface area contributed by atoms with Crippen molar-refractivity contribution in [2.45, 2.75) is 6.92 Å². The minimum atomic E-state index is -0.527. The molecule has 0 radical (unpaired) electrons. The fraction of sp³-hybridized carbons (Fsp3) is 0.158. The lowest BCUT2D eigenvalue weighted by atomic mass is 10.1. The molecule has 0 saturated heterocycles. The summed E-state index contributed by atoms with van der Waals surface area (Å²) in [6.07, 6.45) is 0. The summed E-state index contributed by atoms with van der Waals surface area (Å²) in [6.45, 7) is 1.48. The second-order valence-electron chi connectivity index (χ2n) is 5.61. The van der Waals surface area contributed by atoms with Gasteiger partial charge in [-0.1, -0.05) is 6.07 Å². The molecule has 2 aromatic carbocycles. The predicted molar refractivity (Wildman–Crippen MR) is 107 cm³/mol. The Bertz CT molecular complexity index is 881. The monoisotopic (exact) mass is 385 g/mol. The number of hydrogen-bond donors (Lipinski definition) is 2. The highest BCUT2D eigenvalue weighted by atomic mass is 32.1. The number of ether oxygens (including phenoxy) is 1. The fourth-order valence-corrected chi connectivity index (χ4v) is 2.40. The van der Waals surface area contributed by atoms with Crippen LogP contribution in [0.3, 0.4) is 0 Å². The molecule has 0 aliphatic carbocycles. The van der Waals surface area contributed by atoms with E-state index < -0.39 is 11.9 Å². The maximum Gasteiger partial charge on any atom is 0.337 e. The van der Waals surface area contributed by atoms with Gasteiger partial charge in [-0.05, 0) is 54.7 Å². The number of esters is 1. The number of rotatable bonds is 4. The molecule has 0 unspecified atom stereocenters. The Hall–Kier alpha value is -3.26. The van der Waals surface area contributed by atoms with Gasteiger partial charge in [0.1, 0.15) is 0 Å². The minimum absolute atomic E-state index is 0.0762. The van der Waals surface area contributed by atoms with E-state index in [-0.39, 0.29) is 22.1 Å². The number of hydrogen-bond acceptors (Lipinski definition) is 5. The maximum atomic E-state index is 12.3. The van der Waals surface area contributed by atoms with Crippen LogP contribution in [0, 0.1) is 0 Å². The molecule has 27 heavy (non-hydrogen) atoms. The van der Waals surface area contributed by atoms with Crippen molar-refractivity contribution < 1.29 is 19.1 Å². The highest BCUT2D eigenvalue weighted by Gasteiger charge is 2.12. The second-order valence-corrected chi connectivity index (χ2v) is 6.01. The largest absolute Gasteiger partial charge is 0.465 e. The molecule has 0 bridgehead atoms. The highest BCUT2D eigenvalue weighted by Crippen LogP contribution is 2.17. The molecule has 0 saturated carbocycles. The standard InChI is InChI=1S/C19H19N3O4S/c1-12(23)22(2)16-9-7-15(8-10-16)20-19(27)21-17(24)13-5-4-6-14(11-13)18(25)26-3/h4-11H,1-3H3,(H2,20,21,24,27). The number of thiocarbonyl (C=S) groups is 1. The van der Waals surface area contributed by atoms with Crippen LogP contribution in [0.2, 0.25) is 0 Å². The van der Waals surface area contributed by atoms with Gasteiger partial charge in [0.05, 0.1) is 12.7 Å². The van der Waals surface area contributed by atoms with Crippen molar-refractivity contribution in [3.8, 4) is 0 Å². The van der Waals surface area contributed by atoms with Crippen LogP contribution in [0.4, 0.5) is 11.4 Å². The Labute approximate surface area is 162 Å². The van der Waals surface area contributed by atoms with Gasteiger partial charge < -0.3 is 15.0 Å². The van der Waals surface area contributed by atoms with E-state index in [1.807, 2.05) is 0 Å². The van der Waals surface area contributed by atoms with Gasteiger partial charge in [0, 0.05) is 30.9 Å². The summed E-state index contributed by atoms with van der Waals surface area (Å²) in [5.41, 5.74) is 1.95. The number of carbonyl (C=O) groups excluding carboxylic acids is 3. The minimum Gasteiger partial charge on any atom is -0.465 e. The number of carbonyl (C=O) groups is 3. The lowest BCUT2D eigenvalue weighted by molar-refractivity contribution is -0.116. The van der Waals surface area contributed by atoms with Gasteiger partial charge >= 0.3 is 5.97 Å². The third-order valence-electron chi connectivity index (χ3n) is 3.76. The molecule has 2 N–H and O–H groups in total. The summed E-state index contributed by atoms with van der Waals surface area (Å²) in [5, 5.41) is 5.55. The zero-order valence-electron chi connectivity index (χ0n) is 15.1. The summed E-state index contributed by atoms with van der Waals surface area (Å²) < 4.78 is 4.64. The van der Waals surface area contributed by atoms with Gasteiger partial charge in [0.2, 0.25) is 5.91 Å². The Kier molecular flexibility index (Phi) is 6.62. The van der Waals surface area contributed by atoms with E-state index in [4.69, 9.17) is 12.2 Å². The smallest absolute Gasteiger partial charge is 0.337 e. The van der Waals surface area contributed by atoms with Crippen molar-refractivity contribution in [1.82, 2.24) is 5.32 Å². The lowest BCUT2D eigenvalue weighted by Crippen LogP contribution is -2.34. The van der Waals surface area contributed by atoms with Gasteiger partial charge in [-0.3, -0.25) is 14.9 Å². The van der Waals surface area contributed by atoms with E-state index >= 15 is 0 Å². The van der Waals surface area contributed by atoms with Gasteiger partial charge in [0.15, 0.2) is 5.11 Å². The lowest BCUT2D eigenvalue weighted by Gasteiger charge is -2.16. The van der Waals surface area contributed by atoms with Gasteiger partial charge in [-0.25, -0.2) is 4.79 Å². The second kappa shape index (κ2) is 8.91. The van der Waals surface area contributed by atoms with Crippen LogP contribution in [0.1, 0.15) is 27.6 Å². The average molecular weight is 385 g/mol. The van der Waals surface area contributed by atoms with Crippen LogP contribution < -0.4 is 15.5 Å². The van der Waals surface area contributed by atoms with Crippen molar-refractivity contribution in [3.05, 3.63) is 59.7 Å². The van der Waals surface area contributed by atoms with Crippen molar-refractivity contribution in [2.75, 3.05) is 24.4 Å². The molecule has 0 aromatic heterocycles. The predicted octanol–water partition coefficient (Wildman–Crippen LogP) is 2.58. The topological polar surface area (TPSA) is 87.7 Å². The van der Waals surface area contributed by atoms with Crippen molar-refractivity contribution in [1.29, 1.82) is 0 Å². The van der Waals surface area contributed by atoms with E-state index in [1.165, 1.54) is 25.0 Å². The summed E-state index contributed by atoms with van der Waals surface area (Å²) in [7, 11) is 2.95. The number of anilines is 2. The van der Waals surface area contributed by atoms with Crippen molar-refractivity contribution >= 4 is 46.5 Å². The molecule has 2 rings (SSSR count). The number of amides is 2. The molecular formula is C19H19N3O4S. The van der Waals surface area contributed by atoms with Crippen LogP contribution in [0.25, 0.3) is 0 Å².